The number of piperidine rings is 1. The van der Waals surface area contributed by atoms with E-state index < -0.39 is 6.43 Å². The molecule has 198 valence electrons. The van der Waals surface area contributed by atoms with Crippen molar-refractivity contribution in [2.24, 2.45) is 0 Å². The van der Waals surface area contributed by atoms with Crippen molar-refractivity contribution in [3.8, 4) is 11.3 Å². The summed E-state index contributed by atoms with van der Waals surface area (Å²) in [7, 11) is 3.95. The Morgan fingerprint density at radius 2 is 1.76 bits per heavy atom. The maximum atomic E-state index is 13.1. The fraction of sp³-hybridized carbons (Fsp3) is 0.310. The molecule has 0 spiro atoms. The van der Waals surface area contributed by atoms with Gasteiger partial charge in [-0.25, -0.2) is 18.6 Å². The summed E-state index contributed by atoms with van der Waals surface area (Å²) >= 11 is 1.75. The van der Waals surface area contributed by atoms with Crippen molar-refractivity contribution in [3.05, 3.63) is 84.3 Å². The zero-order valence-corrected chi connectivity index (χ0v) is 24.4. The molecular weight excluding hydrogens is 594 g/mol. The number of aromatic nitrogens is 2. The van der Waals surface area contributed by atoms with E-state index in [0.29, 0.717) is 13.1 Å². The zero-order valence-electron chi connectivity index (χ0n) is 21.8. The van der Waals surface area contributed by atoms with Crippen LogP contribution in [0.15, 0.2) is 72.9 Å². The fourth-order valence-electron chi connectivity index (χ4n) is 4.77. The van der Waals surface area contributed by atoms with Crippen molar-refractivity contribution in [2.45, 2.75) is 30.1 Å². The number of carbonyl (C=O) groups excluding carboxylic acids is 1. The van der Waals surface area contributed by atoms with Gasteiger partial charge in [0.15, 0.2) is 0 Å². The van der Waals surface area contributed by atoms with Crippen LogP contribution in [0.3, 0.4) is 0 Å². The molecule has 0 saturated carbocycles. The molecule has 1 unspecified atom stereocenters. The molecule has 2 aromatic carbocycles. The maximum absolute atomic E-state index is 13.1. The SMILES string of the molecule is CN(C)c1ccc(NC(=O)N2CCCC(c3nc(-c4ccc(C(F)F)cc4)c4ccccn34)C2)cc1.[CH3][Sb]. The number of pyridine rings is 1. The number of carbonyl (C=O) groups is 1. The molecule has 9 heteroatoms. The number of urea groups is 1. The van der Waals surface area contributed by atoms with E-state index >= 15 is 0 Å². The van der Waals surface area contributed by atoms with Crippen LogP contribution in [-0.2, 0) is 0 Å². The van der Waals surface area contributed by atoms with Gasteiger partial charge in [-0.15, -0.1) is 0 Å². The third-order valence-electron chi connectivity index (χ3n) is 6.72. The van der Waals surface area contributed by atoms with E-state index in [2.05, 4.69) is 14.6 Å². The molecule has 1 aliphatic heterocycles. The molecule has 0 aliphatic carbocycles. The Kier molecular flexibility index (Phi) is 9.26. The molecule has 2 radical (unpaired) electrons. The number of alkyl halides is 2. The van der Waals surface area contributed by atoms with E-state index in [-0.39, 0.29) is 17.5 Å². The van der Waals surface area contributed by atoms with E-state index in [1.807, 2.05) is 72.6 Å². The van der Waals surface area contributed by atoms with E-state index in [0.717, 1.165) is 46.8 Å². The van der Waals surface area contributed by atoms with Crippen molar-refractivity contribution < 1.29 is 13.6 Å². The summed E-state index contributed by atoms with van der Waals surface area (Å²) < 4.78 is 28.1. The van der Waals surface area contributed by atoms with Crippen LogP contribution >= 0.6 is 0 Å². The first-order valence-electron chi connectivity index (χ1n) is 12.5. The minimum atomic E-state index is -2.50. The number of anilines is 2. The van der Waals surface area contributed by atoms with E-state index in [9.17, 15) is 13.6 Å². The first-order chi connectivity index (χ1) is 18.4. The quantitative estimate of drug-likeness (QED) is 0.254. The van der Waals surface area contributed by atoms with Crippen LogP contribution in [-0.4, -0.2) is 70.5 Å². The molecule has 38 heavy (non-hydrogen) atoms. The number of rotatable bonds is 5. The van der Waals surface area contributed by atoms with Gasteiger partial charge in [0.05, 0.1) is 11.2 Å². The average Bonchev–Trinajstić information content (AvgIpc) is 3.34. The van der Waals surface area contributed by atoms with Crippen molar-refractivity contribution in [3.63, 3.8) is 0 Å². The molecule has 2 aromatic heterocycles. The van der Waals surface area contributed by atoms with Gasteiger partial charge in [0.25, 0.3) is 6.43 Å². The number of imidazole rings is 1. The van der Waals surface area contributed by atoms with Crippen LogP contribution in [0.1, 0.15) is 36.6 Å². The third kappa shape index (κ3) is 6.12. The number of amides is 2. The molecule has 0 bridgehead atoms. The van der Waals surface area contributed by atoms with Gasteiger partial charge in [0, 0.05) is 61.8 Å². The molecular formula is C29H32F2N5OSb. The topological polar surface area (TPSA) is 52.9 Å². The molecule has 6 nitrogen and oxygen atoms in total. The zero-order chi connectivity index (χ0) is 27.2. The number of hydrogen-bond acceptors (Lipinski definition) is 3. The molecule has 3 heterocycles. The summed E-state index contributed by atoms with van der Waals surface area (Å²) in [5, 5.41) is 3.01. The van der Waals surface area contributed by atoms with Crippen molar-refractivity contribution in [1.82, 2.24) is 14.3 Å². The van der Waals surface area contributed by atoms with Crippen molar-refractivity contribution in [2.75, 3.05) is 37.4 Å². The summed E-state index contributed by atoms with van der Waals surface area (Å²) in [6.45, 7) is 1.24. The van der Waals surface area contributed by atoms with Gasteiger partial charge < -0.3 is 19.5 Å². The summed E-state index contributed by atoms with van der Waals surface area (Å²) in [6, 6.07) is 19.8. The first kappa shape index (κ1) is 27.9. The van der Waals surface area contributed by atoms with E-state index in [1.54, 1.807) is 35.2 Å². The average molecular weight is 626 g/mol. The van der Waals surface area contributed by atoms with Gasteiger partial charge in [-0.3, -0.25) is 0 Å². The summed E-state index contributed by atoms with van der Waals surface area (Å²) in [5.41, 5.74) is 4.29. The number of nitrogens with one attached hydrogen (secondary N) is 1. The molecule has 1 aliphatic rings. The Bertz CT molecular complexity index is 1360. The fourth-order valence-corrected chi connectivity index (χ4v) is 4.77. The van der Waals surface area contributed by atoms with Gasteiger partial charge >= 0.3 is 33.9 Å². The van der Waals surface area contributed by atoms with E-state index in [1.165, 1.54) is 12.1 Å². The van der Waals surface area contributed by atoms with Crippen molar-refractivity contribution in [1.29, 1.82) is 0 Å². The van der Waals surface area contributed by atoms with Crippen LogP contribution in [0.5, 0.6) is 0 Å². The second-order valence-corrected chi connectivity index (χ2v) is 9.35. The van der Waals surface area contributed by atoms with Crippen LogP contribution in [0.4, 0.5) is 25.0 Å². The molecule has 1 saturated heterocycles. The van der Waals surface area contributed by atoms with Crippen LogP contribution < -0.4 is 10.2 Å². The number of benzene rings is 2. The first-order valence-corrected chi connectivity index (χ1v) is 15.1. The monoisotopic (exact) mass is 625 g/mol. The number of hydrogen-bond donors (Lipinski definition) is 1. The van der Waals surface area contributed by atoms with Gasteiger partial charge in [-0.1, -0.05) is 30.3 Å². The van der Waals surface area contributed by atoms with Crippen LogP contribution in [0.2, 0.25) is 4.87 Å². The predicted molar refractivity (Wildman–Crippen MR) is 151 cm³/mol. The number of halogens is 2. The number of likely N-dealkylation sites (tertiary alicyclic amines) is 1. The molecule has 2 amide bonds. The van der Waals surface area contributed by atoms with Crippen molar-refractivity contribution >= 4 is 45.9 Å². The normalized spacial score (nSPS) is 15.2. The standard InChI is InChI=1S/C28H29F2N5O.CH3.Sb/c1-33(2)23-14-12-22(13-15-23)31-28(36)34-16-5-6-21(18-34)27-32-25(24-7-3-4-17-35(24)27)19-8-10-20(11-9-19)26(29)30;;/h3-4,7-15,17,21,26H,5-6,16,18H2,1-2H3,(H,31,36);1H3;. The predicted octanol–water partition coefficient (Wildman–Crippen LogP) is 6.62. The molecule has 4 aromatic rings. The van der Waals surface area contributed by atoms with E-state index in [4.69, 9.17) is 4.98 Å². The Balaban J connectivity index is 0.00000164. The van der Waals surface area contributed by atoms with Crippen LogP contribution in [0, 0.1) is 0 Å². The van der Waals surface area contributed by atoms with Gasteiger partial charge in [0.1, 0.15) is 5.82 Å². The van der Waals surface area contributed by atoms with Gasteiger partial charge in [-0.2, -0.15) is 0 Å². The third-order valence-corrected chi connectivity index (χ3v) is 6.72. The molecule has 1 atom stereocenters. The Hall–Kier alpha value is -3.12. The molecule has 1 fully saturated rings. The Morgan fingerprint density at radius 3 is 2.42 bits per heavy atom. The summed E-state index contributed by atoms with van der Waals surface area (Å²) in [4.78, 5) is 23.9. The van der Waals surface area contributed by atoms with Crippen LogP contribution in [0.25, 0.3) is 16.8 Å². The Morgan fingerprint density at radius 1 is 1.05 bits per heavy atom. The van der Waals surface area contributed by atoms with Gasteiger partial charge in [-0.05, 0) is 49.2 Å². The summed E-state index contributed by atoms with van der Waals surface area (Å²) in [6.07, 6.45) is 1.26. The second kappa shape index (κ2) is 12.6. The molecule has 5 rings (SSSR count). The number of fused-ring (bicyclic) bond motifs is 1. The molecule has 1 N–H and O–H groups in total. The Labute approximate surface area is 236 Å². The second-order valence-electron chi connectivity index (χ2n) is 9.35. The summed E-state index contributed by atoms with van der Waals surface area (Å²) in [5.74, 6) is 0.941. The number of nitrogens with zero attached hydrogens (tertiary/aromatic N) is 4. The van der Waals surface area contributed by atoms with Gasteiger partial charge in [0.2, 0.25) is 0 Å². The minimum absolute atomic E-state index is 0.00669.